The van der Waals surface area contributed by atoms with E-state index in [0.717, 1.165) is 35.2 Å². The molecule has 0 amide bonds. The van der Waals surface area contributed by atoms with Crippen molar-refractivity contribution >= 4 is 15.9 Å². The third-order valence-corrected chi connectivity index (χ3v) is 4.37. The van der Waals surface area contributed by atoms with Gasteiger partial charge in [-0.1, -0.05) is 34.1 Å². The largest absolute Gasteiger partial charge is 0.302 e. The Balaban J connectivity index is 2.17. The number of rotatable bonds is 2. The molecule has 102 valence electrons. The summed E-state index contributed by atoms with van der Waals surface area (Å²) in [4.78, 5) is 2.29. The van der Waals surface area contributed by atoms with Crippen LogP contribution in [0, 0.1) is 11.3 Å². The lowest BCUT2D eigenvalue weighted by Crippen LogP contribution is -2.27. The molecule has 1 aromatic heterocycles. The monoisotopic (exact) mass is 330 g/mol. The van der Waals surface area contributed by atoms with E-state index in [1.165, 1.54) is 11.3 Å². The number of nitriles is 1. The second kappa shape index (κ2) is 5.39. The molecule has 3 rings (SSSR count). The molecule has 0 fully saturated rings. The molecule has 0 bridgehead atoms. The predicted octanol–water partition coefficient (Wildman–Crippen LogP) is 2.82. The molecule has 0 unspecified atom stereocenters. The normalized spacial score (nSPS) is 14.8. The minimum atomic E-state index is 0.316. The Bertz CT molecular complexity index is 684. The van der Waals surface area contributed by atoms with Gasteiger partial charge in [0.25, 0.3) is 0 Å². The Hall–Kier alpha value is -1.64. The molecule has 1 aliphatic heterocycles. The van der Waals surface area contributed by atoms with Crippen molar-refractivity contribution in [2.45, 2.75) is 19.5 Å². The molecule has 0 atom stereocenters. The van der Waals surface area contributed by atoms with Gasteiger partial charge in [-0.15, -0.1) is 0 Å². The van der Waals surface area contributed by atoms with Crippen LogP contribution in [0.5, 0.6) is 0 Å². The number of benzene rings is 1. The first kappa shape index (κ1) is 13.3. The third kappa shape index (κ3) is 2.26. The molecular formula is C15H15BrN4. The highest BCUT2D eigenvalue weighted by Crippen LogP contribution is 2.33. The first-order valence-corrected chi connectivity index (χ1v) is 7.39. The van der Waals surface area contributed by atoms with Gasteiger partial charge in [-0.2, -0.15) is 10.4 Å². The Morgan fingerprint density at radius 1 is 1.40 bits per heavy atom. The molecule has 20 heavy (non-hydrogen) atoms. The number of fused-ring (bicyclic) bond motifs is 1. The van der Waals surface area contributed by atoms with E-state index in [9.17, 15) is 0 Å². The second-order valence-corrected chi connectivity index (χ2v) is 5.91. The van der Waals surface area contributed by atoms with E-state index in [1.807, 2.05) is 22.9 Å². The standard InChI is InChI=1S/C15H15BrN4/c1-19-8-6-14-12(10-19)15(18-20(14)9-7-17)11-4-2-3-5-13(11)16/h2-5H,6,8-10H2,1H3. The molecular weight excluding hydrogens is 316 g/mol. The van der Waals surface area contributed by atoms with E-state index in [1.54, 1.807) is 0 Å². The SMILES string of the molecule is CN1CCc2c(c(-c3ccccc3Br)nn2CC#N)C1. The van der Waals surface area contributed by atoms with Crippen LogP contribution in [0.3, 0.4) is 0 Å². The van der Waals surface area contributed by atoms with Crippen molar-refractivity contribution in [3.8, 4) is 17.3 Å². The molecule has 2 aromatic rings. The Morgan fingerprint density at radius 3 is 2.95 bits per heavy atom. The van der Waals surface area contributed by atoms with E-state index in [2.05, 4.69) is 45.1 Å². The Kier molecular flexibility index (Phi) is 3.60. The zero-order valence-corrected chi connectivity index (χ0v) is 12.9. The van der Waals surface area contributed by atoms with Crippen molar-refractivity contribution in [1.82, 2.24) is 14.7 Å². The summed E-state index contributed by atoms with van der Waals surface area (Å²) in [6, 6.07) is 10.3. The minimum absolute atomic E-state index is 0.316. The molecule has 0 saturated heterocycles. The molecule has 2 heterocycles. The van der Waals surface area contributed by atoms with Gasteiger partial charge in [-0.05, 0) is 13.1 Å². The highest BCUT2D eigenvalue weighted by Gasteiger charge is 2.24. The zero-order valence-electron chi connectivity index (χ0n) is 11.3. The van der Waals surface area contributed by atoms with Gasteiger partial charge >= 0.3 is 0 Å². The number of hydrogen-bond donors (Lipinski definition) is 0. The Labute approximate surface area is 126 Å². The van der Waals surface area contributed by atoms with E-state index in [-0.39, 0.29) is 0 Å². The van der Waals surface area contributed by atoms with E-state index in [0.29, 0.717) is 6.54 Å². The first-order chi connectivity index (χ1) is 9.70. The van der Waals surface area contributed by atoms with Gasteiger partial charge in [0.05, 0.1) is 11.8 Å². The average Bonchev–Trinajstić information content (AvgIpc) is 2.78. The smallest absolute Gasteiger partial charge is 0.128 e. The van der Waals surface area contributed by atoms with Crippen molar-refractivity contribution in [1.29, 1.82) is 5.26 Å². The molecule has 4 nitrogen and oxygen atoms in total. The van der Waals surface area contributed by atoms with Gasteiger partial charge < -0.3 is 4.90 Å². The van der Waals surface area contributed by atoms with Gasteiger partial charge in [0.2, 0.25) is 0 Å². The summed E-state index contributed by atoms with van der Waals surface area (Å²) >= 11 is 3.60. The summed E-state index contributed by atoms with van der Waals surface area (Å²) in [7, 11) is 2.12. The molecule has 1 aromatic carbocycles. The van der Waals surface area contributed by atoms with E-state index in [4.69, 9.17) is 5.26 Å². The van der Waals surface area contributed by atoms with E-state index < -0.39 is 0 Å². The van der Waals surface area contributed by atoms with Gasteiger partial charge in [-0.25, -0.2) is 0 Å². The molecule has 0 aliphatic carbocycles. The van der Waals surface area contributed by atoms with Crippen molar-refractivity contribution in [2.75, 3.05) is 13.6 Å². The van der Waals surface area contributed by atoms with Crippen LogP contribution in [0.2, 0.25) is 0 Å². The molecule has 0 saturated carbocycles. The van der Waals surface area contributed by atoms with Crippen molar-refractivity contribution < 1.29 is 0 Å². The number of aromatic nitrogens is 2. The maximum absolute atomic E-state index is 8.98. The summed E-state index contributed by atoms with van der Waals surface area (Å²) in [5.41, 5.74) is 4.54. The first-order valence-electron chi connectivity index (χ1n) is 6.59. The maximum atomic E-state index is 8.98. The van der Waals surface area contributed by atoms with Crippen LogP contribution >= 0.6 is 15.9 Å². The molecule has 1 aliphatic rings. The predicted molar refractivity (Wildman–Crippen MR) is 81.0 cm³/mol. The number of likely N-dealkylation sites (N-methyl/N-ethyl adjacent to an activating group) is 1. The number of halogens is 1. The van der Waals surface area contributed by atoms with Gasteiger partial charge in [-0.3, -0.25) is 4.68 Å². The van der Waals surface area contributed by atoms with Crippen LogP contribution < -0.4 is 0 Å². The number of nitrogens with zero attached hydrogens (tertiary/aromatic N) is 4. The summed E-state index contributed by atoms with van der Waals surface area (Å²) < 4.78 is 2.90. The van der Waals surface area contributed by atoms with Crippen molar-refractivity contribution in [3.63, 3.8) is 0 Å². The van der Waals surface area contributed by atoms with Crippen molar-refractivity contribution in [2.24, 2.45) is 0 Å². The maximum Gasteiger partial charge on any atom is 0.128 e. The zero-order chi connectivity index (χ0) is 14.1. The van der Waals surface area contributed by atoms with Crippen LogP contribution in [0.25, 0.3) is 11.3 Å². The second-order valence-electron chi connectivity index (χ2n) is 5.06. The lowest BCUT2D eigenvalue weighted by molar-refractivity contribution is 0.308. The van der Waals surface area contributed by atoms with Gasteiger partial charge in [0.1, 0.15) is 6.54 Å². The quantitative estimate of drug-likeness (QED) is 0.850. The summed E-state index contributed by atoms with van der Waals surface area (Å²) in [5, 5.41) is 13.7. The topological polar surface area (TPSA) is 44.9 Å². The van der Waals surface area contributed by atoms with Crippen LogP contribution in [0.15, 0.2) is 28.7 Å². The van der Waals surface area contributed by atoms with Crippen LogP contribution in [0.1, 0.15) is 11.3 Å². The summed E-state index contributed by atoms with van der Waals surface area (Å²) in [6.07, 6.45) is 0.949. The molecule has 0 N–H and O–H groups in total. The van der Waals surface area contributed by atoms with Crippen LogP contribution in [-0.2, 0) is 19.5 Å². The fourth-order valence-corrected chi connectivity index (χ4v) is 3.17. The molecule has 5 heteroatoms. The average molecular weight is 331 g/mol. The van der Waals surface area contributed by atoms with Crippen LogP contribution in [-0.4, -0.2) is 28.3 Å². The van der Waals surface area contributed by atoms with Gasteiger partial charge in [0, 0.05) is 40.8 Å². The molecule has 0 spiro atoms. The third-order valence-electron chi connectivity index (χ3n) is 3.67. The van der Waals surface area contributed by atoms with Crippen LogP contribution in [0.4, 0.5) is 0 Å². The fraction of sp³-hybridized carbons (Fsp3) is 0.333. The minimum Gasteiger partial charge on any atom is -0.302 e. The number of hydrogen-bond acceptors (Lipinski definition) is 3. The lowest BCUT2D eigenvalue weighted by Gasteiger charge is -2.23. The summed E-state index contributed by atoms with van der Waals surface area (Å²) in [5.74, 6) is 0. The van der Waals surface area contributed by atoms with Gasteiger partial charge in [0.15, 0.2) is 0 Å². The summed E-state index contributed by atoms with van der Waals surface area (Å²) in [6.45, 7) is 2.22. The Morgan fingerprint density at radius 2 is 2.20 bits per heavy atom. The highest BCUT2D eigenvalue weighted by atomic mass is 79.9. The van der Waals surface area contributed by atoms with Crippen molar-refractivity contribution in [3.05, 3.63) is 40.0 Å². The molecule has 0 radical (unpaired) electrons. The fourth-order valence-electron chi connectivity index (χ4n) is 2.69. The van der Waals surface area contributed by atoms with E-state index >= 15 is 0 Å². The highest BCUT2D eigenvalue weighted by molar-refractivity contribution is 9.10. The lowest BCUT2D eigenvalue weighted by atomic mass is 10.0.